The van der Waals surface area contributed by atoms with E-state index in [1.165, 1.54) is 4.90 Å². The fraction of sp³-hybridized carbons (Fsp3) is 0.375. The van der Waals surface area contributed by atoms with E-state index in [9.17, 15) is 9.59 Å². The number of benzene rings is 1. The van der Waals surface area contributed by atoms with Crippen LogP contribution in [-0.2, 0) is 4.79 Å². The van der Waals surface area contributed by atoms with Gasteiger partial charge in [-0.05, 0) is 43.2 Å². The van der Waals surface area contributed by atoms with Crippen LogP contribution in [0.15, 0.2) is 24.3 Å². The number of nitrogens with zero attached hydrogens (tertiary/aromatic N) is 1. The van der Waals surface area contributed by atoms with Crippen LogP contribution in [0.25, 0.3) is 0 Å². The van der Waals surface area contributed by atoms with Gasteiger partial charge < -0.3 is 10.2 Å². The second kappa shape index (κ2) is 5.59. The molecular weight excluding hydrogens is 252 g/mol. The molecule has 20 heavy (non-hydrogen) atoms. The van der Waals surface area contributed by atoms with Crippen molar-refractivity contribution >= 4 is 17.4 Å². The minimum Gasteiger partial charge on any atom is -0.313 e. The van der Waals surface area contributed by atoms with Crippen LogP contribution in [0.5, 0.6) is 0 Å². The highest BCUT2D eigenvalue weighted by molar-refractivity contribution is 6.52. The minimum atomic E-state index is -0.452. The van der Waals surface area contributed by atoms with Gasteiger partial charge in [-0.1, -0.05) is 19.6 Å². The third-order valence-electron chi connectivity index (χ3n) is 3.42. The first-order valence-electron chi connectivity index (χ1n) is 6.80. The first-order chi connectivity index (χ1) is 9.45. The molecule has 2 rings (SSSR count). The SMILES string of the molecule is C=C(CNCC)CN1C(=O)C(=O)c2c(C)cc(C)cc21. The molecule has 0 saturated carbocycles. The van der Waals surface area contributed by atoms with Gasteiger partial charge in [-0.25, -0.2) is 0 Å². The van der Waals surface area contributed by atoms with E-state index in [1.54, 1.807) is 0 Å². The van der Waals surface area contributed by atoms with Crippen LogP contribution >= 0.6 is 0 Å². The Hall–Kier alpha value is -1.94. The van der Waals surface area contributed by atoms with Crippen molar-refractivity contribution in [2.24, 2.45) is 0 Å². The van der Waals surface area contributed by atoms with Crippen LogP contribution in [0.1, 0.15) is 28.4 Å². The van der Waals surface area contributed by atoms with Gasteiger partial charge in [0.15, 0.2) is 0 Å². The normalized spacial score (nSPS) is 13.8. The van der Waals surface area contributed by atoms with Crippen molar-refractivity contribution in [3.63, 3.8) is 0 Å². The third kappa shape index (κ3) is 2.51. The molecule has 1 aliphatic heterocycles. The predicted molar refractivity (Wildman–Crippen MR) is 80.3 cm³/mol. The summed E-state index contributed by atoms with van der Waals surface area (Å²) in [5.41, 5.74) is 4.05. The summed E-state index contributed by atoms with van der Waals surface area (Å²) in [6, 6.07) is 3.83. The standard InChI is InChI=1S/C16H20N2O2/c1-5-17-8-11(3)9-18-13-7-10(2)6-12(4)14(13)15(19)16(18)20/h6-7,17H,3,5,8-9H2,1-2,4H3. The molecule has 106 valence electrons. The number of carbonyl (C=O) groups excluding carboxylic acids is 2. The van der Waals surface area contributed by atoms with Gasteiger partial charge in [-0.3, -0.25) is 9.59 Å². The number of Topliss-reactive ketones (excluding diaryl/α,β-unsaturated/α-hetero) is 1. The predicted octanol–water partition coefficient (Wildman–Crippen LogP) is 2.00. The molecule has 1 N–H and O–H groups in total. The zero-order valence-corrected chi connectivity index (χ0v) is 12.2. The first kappa shape index (κ1) is 14.5. The van der Waals surface area contributed by atoms with Gasteiger partial charge in [0, 0.05) is 13.1 Å². The maximum Gasteiger partial charge on any atom is 0.299 e. The topological polar surface area (TPSA) is 49.4 Å². The van der Waals surface area contributed by atoms with Crippen molar-refractivity contribution in [3.8, 4) is 0 Å². The monoisotopic (exact) mass is 272 g/mol. The van der Waals surface area contributed by atoms with E-state index >= 15 is 0 Å². The molecule has 0 aliphatic carbocycles. The van der Waals surface area contributed by atoms with Crippen LogP contribution in [0, 0.1) is 13.8 Å². The second-order valence-corrected chi connectivity index (χ2v) is 5.23. The summed E-state index contributed by atoms with van der Waals surface area (Å²) in [5, 5.41) is 3.17. The van der Waals surface area contributed by atoms with Crippen molar-refractivity contribution < 1.29 is 9.59 Å². The summed E-state index contributed by atoms with van der Waals surface area (Å²) >= 11 is 0. The summed E-state index contributed by atoms with van der Waals surface area (Å²) in [7, 11) is 0. The highest BCUT2D eigenvalue weighted by atomic mass is 16.2. The van der Waals surface area contributed by atoms with Crippen LogP contribution in [-0.4, -0.2) is 31.3 Å². The Labute approximate surface area is 119 Å². The number of amides is 1. The molecule has 1 aromatic carbocycles. The molecule has 0 aromatic heterocycles. The van der Waals surface area contributed by atoms with E-state index < -0.39 is 11.7 Å². The lowest BCUT2D eigenvalue weighted by atomic mass is 10.0. The van der Waals surface area contributed by atoms with Crippen LogP contribution < -0.4 is 10.2 Å². The summed E-state index contributed by atoms with van der Waals surface area (Å²) < 4.78 is 0. The molecule has 0 spiro atoms. The molecule has 1 heterocycles. The Morgan fingerprint density at radius 1 is 1.30 bits per heavy atom. The fourth-order valence-electron chi connectivity index (χ4n) is 2.53. The Kier molecular flexibility index (Phi) is 4.04. The van der Waals surface area contributed by atoms with Gasteiger partial charge in [-0.2, -0.15) is 0 Å². The Balaban J connectivity index is 2.31. The Morgan fingerprint density at radius 2 is 2.00 bits per heavy atom. The highest BCUT2D eigenvalue weighted by Crippen LogP contribution is 2.32. The molecule has 4 nitrogen and oxygen atoms in total. The Morgan fingerprint density at radius 3 is 2.65 bits per heavy atom. The van der Waals surface area contributed by atoms with Crippen molar-refractivity contribution in [1.82, 2.24) is 5.32 Å². The number of likely N-dealkylation sites (N-methyl/N-ethyl adjacent to an activating group) is 1. The quantitative estimate of drug-likeness (QED) is 0.659. The lowest BCUT2D eigenvalue weighted by molar-refractivity contribution is -0.114. The summed E-state index contributed by atoms with van der Waals surface area (Å²) in [6.07, 6.45) is 0. The summed E-state index contributed by atoms with van der Waals surface area (Å²) in [4.78, 5) is 25.8. The van der Waals surface area contributed by atoms with E-state index in [2.05, 4.69) is 11.9 Å². The average Bonchev–Trinajstić information content (AvgIpc) is 2.61. The van der Waals surface area contributed by atoms with Crippen molar-refractivity contribution in [1.29, 1.82) is 0 Å². The number of anilines is 1. The van der Waals surface area contributed by atoms with Crippen molar-refractivity contribution in [3.05, 3.63) is 41.0 Å². The largest absolute Gasteiger partial charge is 0.313 e. The van der Waals surface area contributed by atoms with Crippen LogP contribution in [0.4, 0.5) is 5.69 Å². The number of hydrogen-bond donors (Lipinski definition) is 1. The van der Waals surface area contributed by atoms with Gasteiger partial charge in [0.25, 0.3) is 11.7 Å². The molecule has 1 amide bonds. The van der Waals surface area contributed by atoms with E-state index in [0.29, 0.717) is 18.7 Å². The third-order valence-corrected chi connectivity index (χ3v) is 3.42. The van der Waals surface area contributed by atoms with Crippen molar-refractivity contribution in [2.45, 2.75) is 20.8 Å². The number of fused-ring (bicyclic) bond motifs is 1. The number of ketones is 1. The van der Waals surface area contributed by atoms with Gasteiger partial charge in [-0.15, -0.1) is 0 Å². The minimum absolute atomic E-state index is 0.382. The summed E-state index contributed by atoms with van der Waals surface area (Å²) in [5.74, 6) is -0.861. The lowest BCUT2D eigenvalue weighted by Crippen LogP contribution is -2.33. The maximum absolute atomic E-state index is 12.1. The fourth-order valence-corrected chi connectivity index (χ4v) is 2.53. The second-order valence-electron chi connectivity index (χ2n) is 5.23. The molecule has 0 unspecified atom stereocenters. The molecule has 0 radical (unpaired) electrons. The first-order valence-corrected chi connectivity index (χ1v) is 6.80. The molecule has 0 bridgehead atoms. The molecule has 0 fully saturated rings. The Bertz CT molecular complexity index is 590. The molecule has 0 atom stereocenters. The molecule has 1 aromatic rings. The van der Waals surface area contributed by atoms with E-state index in [4.69, 9.17) is 0 Å². The van der Waals surface area contributed by atoms with E-state index in [-0.39, 0.29) is 0 Å². The number of nitrogens with one attached hydrogen (secondary N) is 1. The maximum atomic E-state index is 12.1. The molecular formula is C16H20N2O2. The molecule has 0 saturated heterocycles. The van der Waals surface area contributed by atoms with Gasteiger partial charge in [0.2, 0.25) is 0 Å². The van der Waals surface area contributed by atoms with Gasteiger partial charge >= 0.3 is 0 Å². The molecule has 1 aliphatic rings. The number of carbonyl (C=O) groups is 2. The van der Waals surface area contributed by atoms with Crippen molar-refractivity contribution in [2.75, 3.05) is 24.5 Å². The number of hydrogen-bond acceptors (Lipinski definition) is 3. The smallest absolute Gasteiger partial charge is 0.299 e. The lowest BCUT2D eigenvalue weighted by Gasteiger charge is -2.19. The van der Waals surface area contributed by atoms with Gasteiger partial charge in [0.05, 0.1) is 11.3 Å². The van der Waals surface area contributed by atoms with E-state index in [1.807, 2.05) is 32.9 Å². The zero-order valence-electron chi connectivity index (χ0n) is 12.2. The summed E-state index contributed by atoms with van der Waals surface area (Å²) in [6.45, 7) is 11.7. The number of aryl methyl sites for hydroxylation is 2. The highest BCUT2D eigenvalue weighted by Gasteiger charge is 2.37. The molecule has 4 heteroatoms. The van der Waals surface area contributed by atoms with Crippen LogP contribution in [0.2, 0.25) is 0 Å². The van der Waals surface area contributed by atoms with Crippen LogP contribution in [0.3, 0.4) is 0 Å². The van der Waals surface area contributed by atoms with E-state index in [0.717, 1.165) is 28.9 Å². The zero-order chi connectivity index (χ0) is 14.9. The average molecular weight is 272 g/mol. The van der Waals surface area contributed by atoms with Gasteiger partial charge in [0.1, 0.15) is 0 Å². The number of rotatable bonds is 5.